The highest BCUT2D eigenvalue weighted by Crippen LogP contribution is 2.60. The molecule has 3 heterocycles. The Balaban J connectivity index is 1.82. The number of fused-ring (bicyclic) bond motifs is 3. The van der Waals surface area contributed by atoms with Gasteiger partial charge in [0.2, 0.25) is 5.91 Å². The van der Waals surface area contributed by atoms with E-state index in [1.807, 2.05) is 0 Å². The molecule has 1 aromatic heterocycles. The summed E-state index contributed by atoms with van der Waals surface area (Å²) in [5.74, 6) is 2.13. The number of para-hydroxylation sites is 1. The van der Waals surface area contributed by atoms with Gasteiger partial charge in [0.05, 0.1) is 5.54 Å². The second-order valence-electron chi connectivity index (χ2n) is 7.95. The van der Waals surface area contributed by atoms with E-state index in [1.54, 1.807) is 0 Å². The van der Waals surface area contributed by atoms with Crippen LogP contribution in [0.25, 0.3) is 10.9 Å². The van der Waals surface area contributed by atoms with Gasteiger partial charge in [0.25, 0.3) is 0 Å². The number of nitrogens with zero attached hydrogens (tertiary/aromatic N) is 1. The van der Waals surface area contributed by atoms with Crippen LogP contribution >= 0.6 is 0 Å². The molecule has 23 heavy (non-hydrogen) atoms. The Morgan fingerprint density at radius 1 is 1.26 bits per heavy atom. The van der Waals surface area contributed by atoms with Crippen LogP contribution in [0.3, 0.4) is 0 Å². The summed E-state index contributed by atoms with van der Waals surface area (Å²) >= 11 is 0. The van der Waals surface area contributed by atoms with E-state index in [9.17, 15) is 4.79 Å². The summed E-state index contributed by atoms with van der Waals surface area (Å²) in [6.45, 7) is 5.65. The molecular weight excluding hydrogens is 284 g/mol. The van der Waals surface area contributed by atoms with Crippen LogP contribution < -0.4 is 0 Å². The number of rotatable bonds is 0. The van der Waals surface area contributed by atoms with Gasteiger partial charge in [-0.3, -0.25) is 4.79 Å². The first-order valence-electron chi connectivity index (χ1n) is 9.03. The van der Waals surface area contributed by atoms with Crippen molar-refractivity contribution in [1.29, 1.82) is 0 Å². The van der Waals surface area contributed by atoms with Crippen molar-refractivity contribution in [2.75, 3.05) is 6.54 Å². The van der Waals surface area contributed by atoms with Crippen molar-refractivity contribution in [2.45, 2.75) is 45.1 Å². The number of hydrogen-bond donors (Lipinski definition) is 1. The Hall–Kier alpha value is -1.77. The lowest BCUT2D eigenvalue weighted by atomic mass is 9.80. The maximum absolute atomic E-state index is 12.8. The number of carbonyl (C=O) groups is 1. The molecule has 1 unspecified atom stereocenters. The summed E-state index contributed by atoms with van der Waals surface area (Å²) in [6, 6.07) is 8.65. The molecule has 2 aliphatic heterocycles. The summed E-state index contributed by atoms with van der Waals surface area (Å²) in [4.78, 5) is 18.8. The van der Waals surface area contributed by atoms with E-state index >= 15 is 0 Å². The third kappa shape index (κ3) is 1.53. The van der Waals surface area contributed by atoms with Gasteiger partial charge in [-0.25, -0.2) is 0 Å². The van der Waals surface area contributed by atoms with Crippen LogP contribution in [0.5, 0.6) is 0 Å². The lowest BCUT2D eigenvalue weighted by Crippen LogP contribution is -2.45. The van der Waals surface area contributed by atoms with Gasteiger partial charge in [-0.1, -0.05) is 32.0 Å². The summed E-state index contributed by atoms with van der Waals surface area (Å²) in [6.07, 6.45) is 4.02. The molecule has 3 heteroatoms. The van der Waals surface area contributed by atoms with Gasteiger partial charge < -0.3 is 9.88 Å². The predicted octanol–water partition coefficient (Wildman–Crippen LogP) is 3.83. The standard InChI is InChI=1S/C20H24N2O/c1-12-11-20-16(13(12)2)10-18(23)22(20)9-5-7-15-14-6-3-4-8-17(14)21-19(15)20/h3-4,6,8,12-13,16,21H,5,7,9-11H2,1-2H3/t12-,13+,16-,20?/m0/s1. The molecule has 1 amide bonds. The van der Waals surface area contributed by atoms with Crippen molar-refractivity contribution in [2.24, 2.45) is 17.8 Å². The van der Waals surface area contributed by atoms with Crippen LogP contribution in [0.2, 0.25) is 0 Å². The fourth-order valence-electron chi connectivity index (χ4n) is 5.84. The molecule has 1 saturated heterocycles. The molecule has 1 spiro atoms. The molecule has 1 N–H and O–H groups in total. The quantitative estimate of drug-likeness (QED) is 0.789. The zero-order chi connectivity index (χ0) is 15.8. The molecule has 3 nitrogen and oxygen atoms in total. The van der Waals surface area contributed by atoms with Gasteiger partial charge >= 0.3 is 0 Å². The van der Waals surface area contributed by atoms with Crippen LogP contribution in [0.1, 0.15) is 44.4 Å². The molecule has 1 aromatic carbocycles. The Labute approximate surface area is 137 Å². The van der Waals surface area contributed by atoms with E-state index in [0.717, 1.165) is 32.2 Å². The Kier molecular flexibility index (Phi) is 2.61. The minimum atomic E-state index is -0.0687. The number of aromatic amines is 1. The monoisotopic (exact) mass is 308 g/mol. The van der Waals surface area contributed by atoms with E-state index in [0.29, 0.717) is 23.7 Å². The lowest BCUT2D eigenvalue weighted by Gasteiger charge is -2.38. The highest BCUT2D eigenvalue weighted by Gasteiger charge is 2.62. The molecule has 0 radical (unpaired) electrons. The highest BCUT2D eigenvalue weighted by molar-refractivity contribution is 5.87. The number of H-pyrrole nitrogens is 1. The summed E-state index contributed by atoms with van der Waals surface area (Å²) in [7, 11) is 0. The zero-order valence-corrected chi connectivity index (χ0v) is 13.9. The summed E-state index contributed by atoms with van der Waals surface area (Å²) < 4.78 is 0. The predicted molar refractivity (Wildman–Crippen MR) is 91.1 cm³/mol. The number of amides is 1. The molecule has 3 aliphatic rings. The first-order valence-corrected chi connectivity index (χ1v) is 9.03. The second-order valence-corrected chi connectivity index (χ2v) is 7.95. The van der Waals surface area contributed by atoms with Gasteiger partial charge in [0.1, 0.15) is 0 Å². The number of hydrogen-bond acceptors (Lipinski definition) is 1. The van der Waals surface area contributed by atoms with Crippen molar-refractivity contribution in [3.8, 4) is 0 Å². The van der Waals surface area contributed by atoms with Crippen molar-refractivity contribution in [1.82, 2.24) is 9.88 Å². The molecule has 120 valence electrons. The van der Waals surface area contributed by atoms with Crippen LogP contribution in [-0.2, 0) is 16.8 Å². The number of aromatic nitrogens is 1. The largest absolute Gasteiger partial charge is 0.356 e. The Morgan fingerprint density at radius 2 is 2.09 bits per heavy atom. The molecule has 5 rings (SSSR count). The van der Waals surface area contributed by atoms with Crippen molar-refractivity contribution >= 4 is 16.8 Å². The molecule has 4 atom stereocenters. The fourth-order valence-corrected chi connectivity index (χ4v) is 5.84. The molecule has 1 aliphatic carbocycles. The van der Waals surface area contributed by atoms with Gasteiger partial charge in [-0.05, 0) is 48.6 Å². The van der Waals surface area contributed by atoms with Crippen LogP contribution in [0, 0.1) is 17.8 Å². The molecule has 1 saturated carbocycles. The number of aryl methyl sites for hydroxylation is 1. The van der Waals surface area contributed by atoms with E-state index in [2.05, 4.69) is 48.0 Å². The number of nitrogens with one attached hydrogen (secondary N) is 1. The summed E-state index contributed by atoms with van der Waals surface area (Å²) in [5, 5.41) is 1.36. The maximum Gasteiger partial charge on any atom is 0.223 e. The van der Waals surface area contributed by atoms with Gasteiger partial charge in [-0.2, -0.15) is 0 Å². The van der Waals surface area contributed by atoms with Crippen molar-refractivity contribution < 1.29 is 4.79 Å². The first kappa shape index (κ1) is 13.6. The third-order valence-corrected chi connectivity index (χ3v) is 7.01. The summed E-state index contributed by atoms with van der Waals surface area (Å²) in [5.41, 5.74) is 4.01. The minimum absolute atomic E-state index is 0.0687. The van der Waals surface area contributed by atoms with Crippen LogP contribution in [0.4, 0.5) is 0 Å². The molecule has 0 bridgehead atoms. The number of benzene rings is 1. The van der Waals surface area contributed by atoms with E-state index in [1.165, 1.54) is 22.2 Å². The van der Waals surface area contributed by atoms with E-state index < -0.39 is 0 Å². The van der Waals surface area contributed by atoms with Crippen molar-refractivity contribution in [3.63, 3.8) is 0 Å². The lowest BCUT2D eigenvalue weighted by molar-refractivity contribution is -0.131. The zero-order valence-electron chi connectivity index (χ0n) is 13.9. The van der Waals surface area contributed by atoms with Crippen LogP contribution in [-0.4, -0.2) is 22.3 Å². The minimum Gasteiger partial charge on any atom is -0.356 e. The average molecular weight is 308 g/mol. The molecule has 2 fully saturated rings. The van der Waals surface area contributed by atoms with Gasteiger partial charge in [0, 0.05) is 29.6 Å². The fraction of sp³-hybridized carbons (Fsp3) is 0.550. The van der Waals surface area contributed by atoms with Crippen LogP contribution in [0.15, 0.2) is 24.3 Å². The second kappa shape index (κ2) is 4.40. The third-order valence-electron chi connectivity index (χ3n) is 7.01. The average Bonchev–Trinajstić information content (AvgIpc) is 3.08. The van der Waals surface area contributed by atoms with Crippen molar-refractivity contribution in [3.05, 3.63) is 35.5 Å². The van der Waals surface area contributed by atoms with E-state index in [4.69, 9.17) is 0 Å². The van der Waals surface area contributed by atoms with E-state index in [-0.39, 0.29) is 5.54 Å². The molecule has 2 aromatic rings. The smallest absolute Gasteiger partial charge is 0.223 e. The van der Waals surface area contributed by atoms with Gasteiger partial charge in [-0.15, -0.1) is 0 Å². The maximum atomic E-state index is 12.8. The topological polar surface area (TPSA) is 36.1 Å². The normalized spacial score (nSPS) is 36.0. The molecular formula is C20H24N2O. The first-order chi connectivity index (χ1) is 11.1. The SMILES string of the molecule is C[C@@H]1[C@@H](C)CC23c4[nH]c5ccccc5c4CCCN2C(=O)C[C@@H]13. The Morgan fingerprint density at radius 3 is 2.96 bits per heavy atom. The number of carbonyl (C=O) groups excluding carboxylic acids is 1. The Bertz CT molecular complexity index is 807. The highest BCUT2D eigenvalue weighted by atomic mass is 16.2. The van der Waals surface area contributed by atoms with Gasteiger partial charge in [0.15, 0.2) is 0 Å².